The van der Waals surface area contributed by atoms with Gasteiger partial charge in [-0.15, -0.1) is 0 Å². The van der Waals surface area contributed by atoms with E-state index in [9.17, 15) is 14.4 Å². The summed E-state index contributed by atoms with van der Waals surface area (Å²) in [6.45, 7) is 6.40. The van der Waals surface area contributed by atoms with Crippen molar-refractivity contribution in [3.8, 4) is 0 Å². The number of hydrogen-bond acceptors (Lipinski definition) is 5. The predicted molar refractivity (Wildman–Crippen MR) is 112 cm³/mol. The lowest BCUT2D eigenvalue weighted by molar-refractivity contribution is -0.166. The summed E-state index contributed by atoms with van der Waals surface area (Å²) in [5, 5.41) is 0.298. The molecule has 4 aliphatic carbocycles. The van der Waals surface area contributed by atoms with Crippen molar-refractivity contribution in [3.05, 3.63) is 11.6 Å². The fourth-order valence-corrected chi connectivity index (χ4v) is 9.19. The fourth-order valence-electron chi connectivity index (χ4n) is 8.04. The number of Topliss-reactive ketones (excluding diaryl/α,β-unsaturated/α-hetero) is 1. The third-order valence-corrected chi connectivity index (χ3v) is 10.6. The van der Waals surface area contributed by atoms with E-state index in [-0.39, 0.29) is 32.8 Å². The van der Waals surface area contributed by atoms with Gasteiger partial charge in [0.1, 0.15) is 11.4 Å². The molecule has 0 amide bonds. The van der Waals surface area contributed by atoms with E-state index in [0.29, 0.717) is 42.8 Å². The van der Waals surface area contributed by atoms with Crippen LogP contribution < -0.4 is 0 Å². The monoisotopic (exact) mass is 416 g/mol. The van der Waals surface area contributed by atoms with Crippen molar-refractivity contribution in [3.63, 3.8) is 0 Å². The van der Waals surface area contributed by atoms with E-state index in [4.69, 9.17) is 4.74 Å². The molecule has 0 aromatic heterocycles. The molecule has 29 heavy (non-hydrogen) atoms. The Balaban J connectivity index is 1.57. The average molecular weight is 417 g/mol. The highest BCUT2D eigenvalue weighted by Crippen LogP contribution is 2.70. The first-order valence-electron chi connectivity index (χ1n) is 11.3. The standard InChI is InChI=1S/C24H32O4S/c1-14(25)29-19-13-15-12-16(26)4-8-22(15,2)17-5-9-23(3)18(21(17)19)6-10-24(23)11-7-20(27)28-24/h13,17-19,21H,4-12H2,1-3H3/t17?,18-,19?,21?,22?,23+,24?/m0/s1. The SMILES string of the molecule is CC(=O)SC1C=C2CC(=O)CCC2(C)C2CC[C@]3(C)[C@@H](CCC34CCC(=O)O4)C12. The Morgan fingerprint density at radius 2 is 1.83 bits per heavy atom. The molecule has 0 N–H and O–H groups in total. The highest BCUT2D eigenvalue weighted by atomic mass is 32.2. The maximum Gasteiger partial charge on any atom is 0.306 e. The number of carbonyl (C=O) groups excluding carboxylic acids is 3. The van der Waals surface area contributed by atoms with E-state index in [1.54, 1.807) is 6.92 Å². The number of ketones is 1. The minimum atomic E-state index is -0.293. The lowest BCUT2D eigenvalue weighted by atomic mass is 9.46. The Morgan fingerprint density at radius 1 is 1.07 bits per heavy atom. The molecule has 5 aliphatic rings. The largest absolute Gasteiger partial charge is 0.458 e. The van der Waals surface area contributed by atoms with Crippen molar-refractivity contribution in [2.75, 3.05) is 0 Å². The first kappa shape index (κ1) is 19.8. The quantitative estimate of drug-likeness (QED) is 0.452. The van der Waals surface area contributed by atoms with Gasteiger partial charge in [0, 0.05) is 36.9 Å². The summed E-state index contributed by atoms with van der Waals surface area (Å²) in [5.74, 6) is 1.71. The number of hydrogen-bond donors (Lipinski definition) is 0. The van der Waals surface area contributed by atoms with E-state index >= 15 is 0 Å². The Bertz CT molecular complexity index is 818. The van der Waals surface area contributed by atoms with E-state index in [2.05, 4.69) is 19.9 Å². The summed E-state index contributed by atoms with van der Waals surface area (Å²) in [7, 11) is 0. The van der Waals surface area contributed by atoms with Gasteiger partial charge in [0.15, 0.2) is 5.12 Å². The second kappa shape index (κ2) is 6.45. The summed E-state index contributed by atoms with van der Waals surface area (Å²) in [6, 6.07) is 0. The van der Waals surface area contributed by atoms with Gasteiger partial charge in [0.05, 0.1) is 0 Å². The van der Waals surface area contributed by atoms with Crippen LogP contribution in [0.3, 0.4) is 0 Å². The number of fused-ring (bicyclic) bond motifs is 6. The fraction of sp³-hybridized carbons (Fsp3) is 0.792. The molecule has 0 radical (unpaired) electrons. The topological polar surface area (TPSA) is 60.4 Å². The third-order valence-electron chi connectivity index (χ3n) is 9.57. The van der Waals surface area contributed by atoms with Gasteiger partial charge in [-0.3, -0.25) is 14.4 Å². The summed E-state index contributed by atoms with van der Waals surface area (Å²) in [6.07, 6.45) is 10.1. The van der Waals surface area contributed by atoms with Gasteiger partial charge in [-0.2, -0.15) is 0 Å². The molecule has 7 atom stereocenters. The molecule has 1 heterocycles. The first-order chi connectivity index (χ1) is 13.7. The van der Waals surface area contributed by atoms with Crippen LogP contribution in [0, 0.1) is 28.6 Å². The van der Waals surface area contributed by atoms with Crippen LogP contribution in [0.5, 0.6) is 0 Å². The van der Waals surface area contributed by atoms with Gasteiger partial charge >= 0.3 is 5.97 Å². The molecule has 1 aliphatic heterocycles. The summed E-state index contributed by atoms with van der Waals surface area (Å²) in [4.78, 5) is 36.4. The van der Waals surface area contributed by atoms with Gasteiger partial charge < -0.3 is 4.74 Å². The molecule has 5 unspecified atom stereocenters. The van der Waals surface area contributed by atoms with E-state index < -0.39 is 0 Å². The van der Waals surface area contributed by atoms with Crippen LogP contribution in [-0.2, 0) is 19.1 Å². The Hall–Kier alpha value is -1.10. The zero-order valence-corrected chi connectivity index (χ0v) is 18.6. The molecule has 0 aromatic rings. The number of rotatable bonds is 1. The average Bonchev–Trinajstić information content (AvgIpc) is 3.17. The molecule has 3 saturated carbocycles. The molecule has 5 heteroatoms. The normalized spacial score (nSPS) is 48.6. The number of thioether (sulfide) groups is 1. The number of esters is 1. The van der Waals surface area contributed by atoms with Crippen molar-refractivity contribution in [2.45, 2.75) is 89.4 Å². The second-order valence-corrected chi connectivity index (χ2v) is 12.0. The number of ether oxygens (including phenoxy) is 1. The molecule has 1 saturated heterocycles. The minimum absolute atomic E-state index is 0.00210. The van der Waals surface area contributed by atoms with Gasteiger partial charge in [-0.25, -0.2) is 0 Å². The summed E-state index contributed by atoms with van der Waals surface area (Å²) in [5.41, 5.74) is 1.08. The highest BCUT2D eigenvalue weighted by Gasteiger charge is 2.68. The van der Waals surface area contributed by atoms with E-state index in [0.717, 1.165) is 38.5 Å². The molecule has 4 fully saturated rings. The lowest BCUT2D eigenvalue weighted by Gasteiger charge is -2.60. The van der Waals surface area contributed by atoms with Crippen LogP contribution in [0.25, 0.3) is 0 Å². The molecule has 1 spiro atoms. The molecule has 5 rings (SSSR count). The maximum atomic E-state index is 12.2. The number of allylic oxidation sites excluding steroid dienone is 1. The van der Waals surface area contributed by atoms with Crippen molar-refractivity contribution in [2.24, 2.45) is 28.6 Å². The Morgan fingerprint density at radius 3 is 2.52 bits per heavy atom. The first-order valence-corrected chi connectivity index (χ1v) is 12.2. The zero-order chi connectivity index (χ0) is 20.6. The van der Waals surface area contributed by atoms with Crippen LogP contribution in [0.4, 0.5) is 0 Å². The maximum absolute atomic E-state index is 12.2. The van der Waals surface area contributed by atoms with Crippen LogP contribution in [0.1, 0.15) is 78.6 Å². The highest BCUT2D eigenvalue weighted by molar-refractivity contribution is 8.14. The van der Waals surface area contributed by atoms with Gasteiger partial charge in [-0.1, -0.05) is 37.3 Å². The lowest BCUT2D eigenvalue weighted by Crippen LogP contribution is -2.57. The van der Waals surface area contributed by atoms with Gasteiger partial charge in [0.25, 0.3) is 0 Å². The molecular formula is C24H32O4S. The van der Waals surface area contributed by atoms with Crippen LogP contribution in [0.15, 0.2) is 11.6 Å². The molecular weight excluding hydrogens is 384 g/mol. The van der Waals surface area contributed by atoms with E-state index in [1.165, 1.54) is 17.3 Å². The smallest absolute Gasteiger partial charge is 0.306 e. The van der Waals surface area contributed by atoms with Crippen molar-refractivity contribution in [1.29, 1.82) is 0 Å². The Kier molecular flexibility index (Phi) is 4.41. The van der Waals surface area contributed by atoms with Crippen molar-refractivity contribution >= 4 is 28.6 Å². The zero-order valence-electron chi connectivity index (χ0n) is 17.8. The predicted octanol–water partition coefficient (Wildman–Crippen LogP) is 4.85. The Labute approximate surface area is 177 Å². The van der Waals surface area contributed by atoms with Gasteiger partial charge in [0.2, 0.25) is 0 Å². The molecule has 0 aromatic carbocycles. The minimum Gasteiger partial charge on any atom is -0.458 e. The van der Waals surface area contributed by atoms with Crippen molar-refractivity contribution < 1.29 is 19.1 Å². The van der Waals surface area contributed by atoms with Crippen molar-refractivity contribution in [1.82, 2.24) is 0 Å². The summed E-state index contributed by atoms with van der Waals surface area (Å²) < 4.78 is 6.05. The van der Waals surface area contributed by atoms with E-state index in [1.807, 2.05) is 0 Å². The molecule has 4 nitrogen and oxygen atoms in total. The van der Waals surface area contributed by atoms with Crippen LogP contribution in [0.2, 0.25) is 0 Å². The van der Waals surface area contributed by atoms with Crippen LogP contribution >= 0.6 is 11.8 Å². The summed E-state index contributed by atoms with van der Waals surface area (Å²) >= 11 is 1.46. The third kappa shape index (κ3) is 2.68. The molecule has 0 bridgehead atoms. The van der Waals surface area contributed by atoms with Gasteiger partial charge in [-0.05, 0) is 61.7 Å². The number of carbonyl (C=O) groups is 3. The van der Waals surface area contributed by atoms with Crippen LogP contribution in [-0.4, -0.2) is 27.7 Å². The molecule has 158 valence electrons. The second-order valence-electron chi connectivity index (χ2n) is 10.7.